The minimum absolute atomic E-state index is 0. The number of hydrogen-bond donors (Lipinski definition) is 5. The van der Waals surface area contributed by atoms with Crippen LogP contribution in [0.15, 0.2) is 0 Å². The van der Waals surface area contributed by atoms with Gasteiger partial charge >= 0.3 is 36.9 Å². The van der Waals surface area contributed by atoms with Gasteiger partial charge in [0.15, 0.2) is 0 Å². The fraction of sp³-hybridized carbons (Fsp3) is 0. The van der Waals surface area contributed by atoms with Crippen molar-refractivity contribution in [2.75, 3.05) is 0 Å². The summed E-state index contributed by atoms with van der Waals surface area (Å²) in [7, 11) is -7.06. The topological polar surface area (TPSA) is 141 Å². The molecule has 0 amide bonds. The summed E-state index contributed by atoms with van der Waals surface area (Å²) in [5.41, 5.74) is 0. The molecule has 7 nitrogen and oxygen atoms in total. The maximum Gasteiger partial charge on any atom is 1.00 e. The maximum atomic E-state index is 8.77. The van der Waals surface area contributed by atoms with E-state index in [9.17, 15) is 0 Å². The summed E-state index contributed by atoms with van der Waals surface area (Å²) < 4.78 is 8.77. The molecule has 0 aliphatic carbocycles. The SMILES string of the molecule is O=P([O-])(O)O.OB(O)O.[Na+]. The minimum atomic E-state index is -4.89. The predicted octanol–water partition coefficient (Wildman–Crippen LogP) is -6.61. The van der Waals surface area contributed by atoms with Gasteiger partial charge in [0.25, 0.3) is 7.82 Å². The van der Waals surface area contributed by atoms with Crippen LogP contribution < -0.4 is 34.5 Å². The molecule has 0 aromatic rings. The molecule has 0 radical (unpaired) electrons. The second-order valence-corrected chi connectivity index (χ2v) is 1.82. The van der Waals surface area contributed by atoms with Gasteiger partial charge in [-0.25, -0.2) is 0 Å². The van der Waals surface area contributed by atoms with Crippen LogP contribution in [0.3, 0.4) is 0 Å². The summed E-state index contributed by atoms with van der Waals surface area (Å²) >= 11 is 0. The van der Waals surface area contributed by atoms with Crippen LogP contribution in [-0.4, -0.2) is 32.2 Å². The van der Waals surface area contributed by atoms with Crippen LogP contribution in [0.4, 0.5) is 0 Å². The standard InChI is InChI=1S/BH3O3.Na.H3O4P/c2-1(3)4;;1-5(2,3)4/h2-4H;;(H3,1,2,3,4)/q;+1;/p-1. The second kappa shape index (κ2) is 8.15. The van der Waals surface area contributed by atoms with Gasteiger partial charge < -0.3 is 29.8 Å². The Morgan fingerprint density at radius 3 is 1.20 bits per heavy atom. The molecule has 10 heteroatoms. The Morgan fingerprint density at radius 1 is 1.20 bits per heavy atom. The molecular weight excluding hydrogens is 177 g/mol. The summed E-state index contributed by atoms with van der Waals surface area (Å²) in [6.07, 6.45) is 0. The Bertz CT molecular complexity index is 84.8. The van der Waals surface area contributed by atoms with Crippen molar-refractivity contribution in [2.24, 2.45) is 0 Å². The molecule has 0 saturated heterocycles. The molecule has 0 saturated carbocycles. The predicted molar refractivity (Wildman–Crippen MR) is 24.5 cm³/mol. The molecule has 0 bridgehead atoms. The van der Waals surface area contributed by atoms with Gasteiger partial charge in [-0.2, -0.15) is 0 Å². The van der Waals surface area contributed by atoms with Crippen LogP contribution in [-0.2, 0) is 4.57 Å². The smallest absolute Gasteiger partial charge is 0.756 e. The third kappa shape index (κ3) is 528. The molecule has 0 aromatic heterocycles. The molecule has 0 atom stereocenters. The van der Waals surface area contributed by atoms with Crippen LogP contribution in [0.2, 0.25) is 0 Å². The molecule has 0 fully saturated rings. The maximum absolute atomic E-state index is 8.77. The van der Waals surface area contributed by atoms with E-state index in [0.29, 0.717) is 0 Å². The first-order chi connectivity index (χ1) is 3.73. The first kappa shape index (κ1) is 17.2. The first-order valence-corrected chi connectivity index (χ1v) is 3.07. The molecule has 0 spiro atoms. The Balaban J connectivity index is -0.0000000910. The van der Waals surface area contributed by atoms with Crippen molar-refractivity contribution in [3.05, 3.63) is 0 Å². The fourth-order valence-electron chi connectivity index (χ4n) is 0. The number of rotatable bonds is 0. The van der Waals surface area contributed by atoms with E-state index in [1.54, 1.807) is 0 Å². The number of hydrogen-bond acceptors (Lipinski definition) is 5. The summed E-state index contributed by atoms with van der Waals surface area (Å²) in [6, 6.07) is 0. The summed E-state index contributed by atoms with van der Waals surface area (Å²) in [4.78, 5) is 22.9. The molecule has 0 rings (SSSR count). The molecule has 0 aliphatic heterocycles. The normalized spacial score (nSPS) is 8.60. The molecule has 0 aliphatic rings. The van der Waals surface area contributed by atoms with Crippen molar-refractivity contribution in [3.63, 3.8) is 0 Å². The van der Waals surface area contributed by atoms with E-state index in [2.05, 4.69) is 0 Å². The van der Waals surface area contributed by atoms with Gasteiger partial charge in [-0.1, -0.05) is 0 Å². The van der Waals surface area contributed by atoms with E-state index in [-0.39, 0.29) is 29.6 Å². The van der Waals surface area contributed by atoms with E-state index >= 15 is 0 Å². The van der Waals surface area contributed by atoms with Gasteiger partial charge in [0.1, 0.15) is 0 Å². The number of phosphoric acid groups is 1. The van der Waals surface area contributed by atoms with Crippen molar-refractivity contribution < 1.29 is 63.9 Å². The molecular formula is H5BNaO7P. The molecule has 0 unspecified atom stereocenters. The van der Waals surface area contributed by atoms with E-state index in [4.69, 9.17) is 34.3 Å². The Hall–Kier alpha value is 1.05. The van der Waals surface area contributed by atoms with Crippen LogP contribution >= 0.6 is 7.82 Å². The quantitative estimate of drug-likeness (QED) is 0.185. The third-order valence-electron chi connectivity index (χ3n) is 0. The Labute approximate surface area is 79.0 Å². The molecule has 56 valence electrons. The van der Waals surface area contributed by atoms with E-state index in [1.807, 2.05) is 0 Å². The summed E-state index contributed by atoms with van der Waals surface area (Å²) in [6.45, 7) is 0. The third-order valence-corrected chi connectivity index (χ3v) is 0. The van der Waals surface area contributed by atoms with Crippen LogP contribution in [0.5, 0.6) is 0 Å². The van der Waals surface area contributed by atoms with Gasteiger partial charge in [-0.15, -0.1) is 0 Å². The molecule has 10 heavy (non-hydrogen) atoms. The fourth-order valence-corrected chi connectivity index (χ4v) is 0. The first-order valence-electron chi connectivity index (χ1n) is 1.54. The average molecular weight is 182 g/mol. The van der Waals surface area contributed by atoms with Crippen molar-refractivity contribution in [1.82, 2.24) is 0 Å². The average Bonchev–Trinajstić information content (AvgIpc) is 1.19. The zero-order valence-electron chi connectivity index (χ0n) is 5.08. The van der Waals surface area contributed by atoms with Gasteiger partial charge in [0, 0.05) is 0 Å². The minimum Gasteiger partial charge on any atom is -0.756 e. The van der Waals surface area contributed by atoms with E-state index < -0.39 is 15.1 Å². The van der Waals surface area contributed by atoms with E-state index in [0.717, 1.165) is 0 Å². The van der Waals surface area contributed by atoms with Crippen molar-refractivity contribution in [3.8, 4) is 0 Å². The van der Waals surface area contributed by atoms with Crippen LogP contribution in [0.25, 0.3) is 0 Å². The van der Waals surface area contributed by atoms with Crippen LogP contribution in [0.1, 0.15) is 0 Å². The Morgan fingerprint density at radius 2 is 1.20 bits per heavy atom. The van der Waals surface area contributed by atoms with Crippen LogP contribution in [0, 0.1) is 0 Å². The molecule has 0 aromatic carbocycles. The van der Waals surface area contributed by atoms with Crippen molar-refractivity contribution in [1.29, 1.82) is 0 Å². The second-order valence-electron chi connectivity index (χ2n) is 0.837. The molecule has 5 N–H and O–H groups in total. The summed E-state index contributed by atoms with van der Waals surface area (Å²) in [5, 5.41) is 21.5. The van der Waals surface area contributed by atoms with Gasteiger partial charge in [0.2, 0.25) is 0 Å². The monoisotopic (exact) mass is 182 g/mol. The van der Waals surface area contributed by atoms with Gasteiger partial charge in [0.05, 0.1) is 0 Å². The largest absolute Gasteiger partial charge is 1.00 e. The van der Waals surface area contributed by atoms with Gasteiger partial charge in [-0.05, 0) is 0 Å². The van der Waals surface area contributed by atoms with Crippen molar-refractivity contribution >= 4 is 15.1 Å². The molecule has 0 heterocycles. The zero-order chi connectivity index (χ0) is 8.08. The Kier molecular flexibility index (Phi) is 14.0. The van der Waals surface area contributed by atoms with Crippen molar-refractivity contribution in [2.45, 2.75) is 0 Å². The van der Waals surface area contributed by atoms with Gasteiger partial charge in [-0.3, -0.25) is 4.57 Å². The van der Waals surface area contributed by atoms with E-state index in [1.165, 1.54) is 0 Å². The summed E-state index contributed by atoms with van der Waals surface area (Å²) in [5.74, 6) is 0. The zero-order valence-corrected chi connectivity index (χ0v) is 7.97.